The predicted molar refractivity (Wildman–Crippen MR) is 147 cm³/mol. The number of anilines is 1. The van der Waals surface area contributed by atoms with Crippen molar-refractivity contribution in [1.82, 2.24) is 15.2 Å². The Morgan fingerprint density at radius 3 is 2.39 bits per heavy atom. The van der Waals surface area contributed by atoms with E-state index in [1.165, 1.54) is 37.6 Å². The minimum atomic E-state index is -1.19. The summed E-state index contributed by atoms with van der Waals surface area (Å²) in [4.78, 5) is 85.2. The Balaban J connectivity index is 3.03. The fourth-order valence-electron chi connectivity index (χ4n) is 3.53. The average Bonchev–Trinajstić information content (AvgIpc) is 2.93. The van der Waals surface area contributed by atoms with Gasteiger partial charge in [-0.15, -0.1) is 0 Å². The lowest BCUT2D eigenvalue weighted by Gasteiger charge is -2.22. The highest BCUT2D eigenvalue weighted by Crippen LogP contribution is 2.10. The number of nitrogens with one attached hydrogen (secondary N) is 3. The number of nitrogens with zero attached hydrogens (tertiary/aromatic N) is 1. The van der Waals surface area contributed by atoms with E-state index in [0.29, 0.717) is 6.42 Å². The van der Waals surface area contributed by atoms with Gasteiger partial charge in [0.2, 0.25) is 17.7 Å². The zero-order chi connectivity index (χ0) is 30.9. The average molecular weight is 579 g/mol. The molecule has 14 heteroatoms. The number of carbonyl (C=O) groups is 6. The van der Waals surface area contributed by atoms with Crippen LogP contribution in [0.1, 0.15) is 52.9 Å². The Morgan fingerprint density at radius 2 is 1.78 bits per heavy atom. The molecular weight excluding hydrogens is 540 g/mol. The number of carboxylic acid groups (broad SMARTS) is 1. The molecule has 0 bridgehead atoms. The number of pyridine rings is 1. The maximum atomic E-state index is 13.0. The van der Waals surface area contributed by atoms with Gasteiger partial charge in [0.1, 0.15) is 24.3 Å². The lowest BCUT2D eigenvalue weighted by Crippen LogP contribution is -2.47. The first-order valence-electron chi connectivity index (χ1n) is 13.1. The van der Waals surface area contributed by atoms with Crippen LogP contribution < -0.4 is 21.5 Å². The summed E-state index contributed by atoms with van der Waals surface area (Å²) < 4.78 is 10.6. The van der Waals surface area contributed by atoms with E-state index in [4.69, 9.17) is 14.6 Å². The highest BCUT2D eigenvalue weighted by atomic mass is 16.5. The van der Waals surface area contributed by atoms with Crippen LogP contribution in [0.3, 0.4) is 0 Å². The van der Waals surface area contributed by atoms with Crippen molar-refractivity contribution in [2.75, 3.05) is 19.0 Å². The second kappa shape index (κ2) is 18.0. The molecule has 1 unspecified atom stereocenters. The van der Waals surface area contributed by atoms with Gasteiger partial charge in [0, 0.05) is 18.7 Å². The molecule has 41 heavy (non-hydrogen) atoms. The number of methoxy groups -OCH3 is 1. The summed E-state index contributed by atoms with van der Waals surface area (Å²) in [6.45, 7) is 5.01. The highest BCUT2D eigenvalue weighted by Gasteiger charge is 2.27. The largest absolute Gasteiger partial charge is 0.481 e. The smallest absolute Gasteiger partial charge is 0.330 e. The minimum absolute atomic E-state index is 0.0223. The number of hydrogen-bond acceptors (Lipinski definition) is 9. The van der Waals surface area contributed by atoms with Crippen LogP contribution in [0.2, 0.25) is 0 Å². The van der Waals surface area contributed by atoms with Crippen LogP contribution in [-0.4, -0.2) is 71.1 Å². The van der Waals surface area contributed by atoms with Crippen molar-refractivity contribution in [2.45, 2.75) is 71.5 Å². The number of aromatic nitrogens is 1. The molecule has 3 amide bonds. The normalized spacial score (nSPS) is 13.0. The Labute approximate surface area is 237 Å². The lowest BCUT2D eigenvalue weighted by molar-refractivity contribution is -0.146. The number of allylic oxidation sites excluding steroid dienone is 1. The molecular formula is C27H38N4O10. The van der Waals surface area contributed by atoms with Crippen LogP contribution in [0.4, 0.5) is 5.69 Å². The molecule has 0 aliphatic heterocycles. The molecule has 1 aromatic heterocycles. The maximum Gasteiger partial charge on any atom is 0.330 e. The Bertz CT molecular complexity index is 1180. The van der Waals surface area contributed by atoms with Crippen molar-refractivity contribution in [3.05, 3.63) is 40.8 Å². The third-order valence-corrected chi connectivity index (χ3v) is 5.96. The van der Waals surface area contributed by atoms with Crippen LogP contribution in [-0.2, 0) is 44.8 Å². The summed E-state index contributed by atoms with van der Waals surface area (Å²) in [5, 5.41) is 16.3. The molecule has 0 saturated heterocycles. The highest BCUT2D eigenvalue weighted by molar-refractivity contribution is 5.97. The summed E-state index contributed by atoms with van der Waals surface area (Å²) in [6.07, 6.45) is 3.94. The van der Waals surface area contributed by atoms with Crippen molar-refractivity contribution in [3.8, 4) is 0 Å². The number of aliphatic carboxylic acids is 1. The Hall–Kier alpha value is -4.49. The van der Waals surface area contributed by atoms with E-state index in [9.17, 15) is 33.6 Å². The number of rotatable bonds is 17. The van der Waals surface area contributed by atoms with Crippen molar-refractivity contribution >= 4 is 41.3 Å². The molecule has 14 nitrogen and oxygen atoms in total. The van der Waals surface area contributed by atoms with Crippen LogP contribution in [0, 0.1) is 5.92 Å². The van der Waals surface area contributed by atoms with Crippen LogP contribution in [0.5, 0.6) is 0 Å². The van der Waals surface area contributed by atoms with E-state index >= 15 is 0 Å². The van der Waals surface area contributed by atoms with E-state index in [1.54, 1.807) is 13.8 Å². The van der Waals surface area contributed by atoms with Crippen LogP contribution in [0.25, 0.3) is 0 Å². The molecule has 0 aromatic carbocycles. The van der Waals surface area contributed by atoms with E-state index in [0.717, 1.165) is 4.57 Å². The standard InChI is InChI=1S/C27H38N4O10/c1-5-17(3)24(27(39)40-4)30-21(33)16-31-15-9-11-19(26(31)38)29-25(37)18(28-20(32)13-14-22(34)35)10-7-8-12-23(36)41-6-2/h8-9,11-12,15,17-18,24H,5-7,10,13-14,16H2,1-4H3,(H,28,32)(H,29,37)(H,30,33)(H,34,35)/t17-,18?,24+/m1/s1. The summed E-state index contributed by atoms with van der Waals surface area (Å²) in [5.74, 6) is -4.67. The maximum absolute atomic E-state index is 13.0. The number of esters is 2. The van der Waals surface area contributed by atoms with E-state index in [2.05, 4.69) is 16.0 Å². The third-order valence-electron chi connectivity index (χ3n) is 5.96. The molecule has 0 radical (unpaired) electrons. The van der Waals surface area contributed by atoms with Crippen molar-refractivity contribution < 1.29 is 43.3 Å². The summed E-state index contributed by atoms with van der Waals surface area (Å²) >= 11 is 0. The fraction of sp³-hybridized carbons (Fsp3) is 0.519. The summed E-state index contributed by atoms with van der Waals surface area (Å²) in [6, 6.07) is 0.671. The molecule has 0 fully saturated rings. The first-order chi connectivity index (χ1) is 19.4. The second-order valence-electron chi connectivity index (χ2n) is 9.04. The fourth-order valence-corrected chi connectivity index (χ4v) is 3.53. The molecule has 3 atom stereocenters. The van der Waals surface area contributed by atoms with E-state index in [-0.39, 0.29) is 37.5 Å². The molecule has 1 aromatic rings. The molecule has 4 N–H and O–H groups in total. The quantitative estimate of drug-likeness (QED) is 0.151. The van der Waals surface area contributed by atoms with Gasteiger partial charge in [-0.3, -0.25) is 24.0 Å². The van der Waals surface area contributed by atoms with E-state index in [1.807, 2.05) is 6.92 Å². The molecule has 1 rings (SSSR count). The Kier molecular flexibility index (Phi) is 15.1. The number of amides is 3. The molecule has 1 heterocycles. The zero-order valence-electron chi connectivity index (χ0n) is 23.6. The lowest BCUT2D eigenvalue weighted by atomic mass is 9.99. The van der Waals surface area contributed by atoms with Gasteiger partial charge in [-0.25, -0.2) is 9.59 Å². The van der Waals surface area contributed by atoms with Crippen LogP contribution >= 0.6 is 0 Å². The van der Waals surface area contributed by atoms with Crippen molar-refractivity contribution in [2.24, 2.45) is 5.92 Å². The van der Waals surface area contributed by atoms with Gasteiger partial charge in [-0.1, -0.05) is 26.3 Å². The number of hydrogen-bond donors (Lipinski definition) is 4. The number of ether oxygens (including phenoxy) is 2. The zero-order valence-corrected chi connectivity index (χ0v) is 23.6. The van der Waals surface area contributed by atoms with Gasteiger partial charge >= 0.3 is 17.9 Å². The molecule has 0 aliphatic carbocycles. The SMILES string of the molecule is CCOC(=O)C=CCCC(NC(=O)CCC(=O)O)C(=O)Nc1cccn(CC(=O)N[C@H](C(=O)OC)[C@H](C)CC)c1=O. The van der Waals surface area contributed by atoms with Gasteiger partial charge in [-0.05, 0) is 37.8 Å². The van der Waals surface area contributed by atoms with Crippen molar-refractivity contribution in [1.29, 1.82) is 0 Å². The minimum Gasteiger partial charge on any atom is -0.481 e. The Morgan fingerprint density at radius 1 is 1.07 bits per heavy atom. The predicted octanol–water partition coefficient (Wildman–Crippen LogP) is 0.740. The molecule has 0 spiro atoms. The molecule has 226 valence electrons. The third kappa shape index (κ3) is 12.5. The van der Waals surface area contributed by atoms with Crippen LogP contribution in [0.15, 0.2) is 35.3 Å². The topological polar surface area (TPSA) is 199 Å². The van der Waals surface area contributed by atoms with Crippen molar-refractivity contribution in [3.63, 3.8) is 0 Å². The second-order valence-corrected chi connectivity index (χ2v) is 9.04. The van der Waals surface area contributed by atoms with Gasteiger partial charge in [0.25, 0.3) is 5.56 Å². The first-order valence-corrected chi connectivity index (χ1v) is 13.1. The van der Waals surface area contributed by atoms with Gasteiger partial charge in [-0.2, -0.15) is 0 Å². The summed E-state index contributed by atoms with van der Waals surface area (Å²) in [5.41, 5.74) is -0.893. The van der Waals surface area contributed by atoms with Gasteiger partial charge in [0.05, 0.1) is 20.1 Å². The number of carboxylic acids is 1. The van der Waals surface area contributed by atoms with E-state index < -0.39 is 66.2 Å². The first kappa shape index (κ1) is 34.5. The van der Waals surface area contributed by atoms with Gasteiger partial charge in [0.15, 0.2) is 0 Å². The summed E-state index contributed by atoms with van der Waals surface area (Å²) in [7, 11) is 1.21. The monoisotopic (exact) mass is 578 g/mol. The molecule has 0 saturated carbocycles. The number of carbonyl (C=O) groups excluding carboxylic acids is 5. The van der Waals surface area contributed by atoms with Gasteiger partial charge < -0.3 is 35.1 Å². The molecule has 0 aliphatic rings.